The summed E-state index contributed by atoms with van der Waals surface area (Å²) < 4.78 is 9.84. The Morgan fingerprint density at radius 1 is 1.50 bits per heavy atom. The van der Waals surface area contributed by atoms with Crippen LogP contribution in [0.3, 0.4) is 0 Å². The zero-order chi connectivity index (χ0) is 13.4. The second kappa shape index (κ2) is 7.50. The van der Waals surface area contributed by atoms with E-state index in [0.29, 0.717) is 38.3 Å². The van der Waals surface area contributed by atoms with Crippen LogP contribution >= 0.6 is 0 Å². The fourth-order valence-corrected chi connectivity index (χ4v) is 1.46. The molecule has 1 aromatic heterocycles. The van der Waals surface area contributed by atoms with Crippen molar-refractivity contribution in [2.75, 3.05) is 13.2 Å². The zero-order valence-electron chi connectivity index (χ0n) is 10.3. The van der Waals surface area contributed by atoms with Crippen LogP contribution in [0.25, 0.3) is 0 Å². The summed E-state index contributed by atoms with van der Waals surface area (Å²) in [6, 6.07) is 1.41. The third-order valence-electron chi connectivity index (χ3n) is 2.30. The third-order valence-corrected chi connectivity index (χ3v) is 2.30. The second-order valence-corrected chi connectivity index (χ2v) is 3.65. The molecule has 2 N–H and O–H groups in total. The summed E-state index contributed by atoms with van der Waals surface area (Å²) in [5.41, 5.74) is 0.160. The van der Waals surface area contributed by atoms with Gasteiger partial charge in [-0.15, -0.1) is 0 Å². The Labute approximate surface area is 105 Å². The van der Waals surface area contributed by atoms with Crippen LogP contribution in [0.15, 0.2) is 16.7 Å². The lowest BCUT2D eigenvalue weighted by Crippen LogP contribution is -2.17. The van der Waals surface area contributed by atoms with Crippen LogP contribution in [0.5, 0.6) is 0 Å². The average molecular weight is 255 g/mol. The summed E-state index contributed by atoms with van der Waals surface area (Å²) in [7, 11) is 0. The fourth-order valence-electron chi connectivity index (χ4n) is 1.46. The molecule has 0 aliphatic carbocycles. The van der Waals surface area contributed by atoms with E-state index in [-0.39, 0.29) is 11.5 Å². The molecule has 0 unspecified atom stereocenters. The molecule has 0 fully saturated rings. The van der Waals surface area contributed by atoms with Crippen LogP contribution in [0.2, 0.25) is 0 Å². The van der Waals surface area contributed by atoms with Gasteiger partial charge in [-0.05, 0) is 26.0 Å². The van der Waals surface area contributed by atoms with E-state index in [0.717, 1.165) is 0 Å². The zero-order valence-corrected chi connectivity index (χ0v) is 10.3. The highest BCUT2D eigenvalue weighted by molar-refractivity contribution is 5.88. The van der Waals surface area contributed by atoms with Gasteiger partial charge in [-0.2, -0.15) is 0 Å². The van der Waals surface area contributed by atoms with Crippen LogP contribution in [0.4, 0.5) is 0 Å². The molecule has 0 amide bonds. The molecule has 0 aliphatic heterocycles. The molecule has 0 aromatic carbocycles. The first-order valence-electron chi connectivity index (χ1n) is 5.81. The van der Waals surface area contributed by atoms with Crippen molar-refractivity contribution in [1.82, 2.24) is 5.32 Å². The molecule has 0 saturated heterocycles. The summed E-state index contributed by atoms with van der Waals surface area (Å²) in [6.07, 6.45) is 2.34. The number of rotatable bonds is 8. The number of hydrogen-bond donors (Lipinski definition) is 2. The predicted octanol–water partition coefficient (Wildman–Crippen LogP) is 1.41. The normalized spacial score (nSPS) is 10.3. The lowest BCUT2D eigenvalue weighted by molar-refractivity contribution is -0.143. The summed E-state index contributed by atoms with van der Waals surface area (Å²) in [4.78, 5) is 21.8. The Balaban J connectivity index is 2.20. The molecule has 0 radical (unpaired) electrons. The van der Waals surface area contributed by atoms with Gasteiger partial charge in [0.15, 0.2) is 0 Å². The Hall–Kier alpha value is -1.82. The number of carboxylic acids is 1. The van der Waals surface area contributed by atoms with E-state index in [1.807, 2.05) is 0 Å². The number of carbonyl (C=O) groups excluding carboxylic acids is 1. The molecule has 0 atom stereocenters. The molecular formula is C12H17NO5. The standard InChI is InChI=1S/C12H17NO5/c1-2-17-11(14)4-3-6-13-8-10-9(12(15)16)5-7-18-10/h5,7,13H,2-4,6,8H2,1H3,(H,15,16). The van der Waals surface area contributed by atoms with E-state index in [2.05, 4.69) is 5.32 Å². The van der Waals surface area contributed by atoms with Gasteiger partial charge in [-0.1, -0.05) is 0 Å². The third kappa shape index (κ3) is 4.58. The number of hydrogen-bond acceptors (Lipinski definition) is 5. The maximum absolute atomic E-state index is 11.0. The van der Waals surface area contributed by atoms with Gasteiger partial charge >= 0.3 is 11.9 Å². The lowest BCUT2D eigenvalue weighted by Gasteiger charge is -2.04. The van der Waals surface area contributed by atoms with Crippen molar-refractivity contribution in [3.63, 3.8) is 0 Å². The summed E-state index contributed by atoms with van der Waals surface area (Å²) in [5.74, 6) is -0.839. The maximum atomic E-state index is 11.0. The predicted molar refractivity (Wildman–Crippen MR) is 63.2 cm³/mol. The number of carbonyl (C=O) groups is 2. The van der Waals surface area contributed by atoms with Crippen LogP contribution in [-0.2, 0) is 16.1 Å². The molecule has 18 heavy (non-hydrogen) atoms. The first-order chi connectivity index (χ1) is 8.65. The maximum Gasteiger partial charge on any atom is 0.339 e. The van der Waals surface area contributed by atoms with E-state index >= 15 is 0 Å². The Morgan fingerprint density at radius 3 is 2.94 bits per heavy atom. The average Bonchev–Trinajstić information content (AvgIpc) is 2.77. The number of aromatic carboxylic acids is 1. The number of ether oxygens (including phenoxy) is 1. The number of esters is 1. The van der Waals surface area contributed by atoms with Crippen LogP contribution in [0.1, 0.15) is 35.9 Å². The van der Waals surface area contributed by atoms with E-state index in [9.17, 15) is 9.59 Å². The van der Waals surface area contributed by atoms with Gasteiger partial charge in [0, 0.05) is 6.42 Å². The van der Waals surface area contributed by atoms with Crippen LogP contribution < -0.4 is 5.32 Å². The molecule has 1 heterocycles. The van der Waals surface area contributed by atoms with E-state index in [4.69, 9.17) is 14.3 Å². The van der Waals surface area contributed by atoms with Gasteiger partial charge in [0.25, 0.3) is 0 Å². The van der Waals surface area contributed by atoms with Crippen molar-refractivity contribution in [1.29, 1.82) is 0 Å². The first kappa shape index (κ1) is 14.2. The minimum Gasteiger partial charge on any atom is -0.478 e. The Bertz CT molecular complexity index is 399. The van der Waals surface area contributed by atoms with Gasteiger partial charge < -0.3 is 19.6 Å². The number of nitrogens with one attached hydrogen (secondary N) is 1. The summed E-state index contributed by atoms with van der Waals surface area (Å²) >= 11 is 0. The van der Waals surface area contributed by atoms with E-state index in [1.165, 1.54) is 12.3 Å². The summed E-state index contributed by atoms with van der Waals surface area (Å²) in [6.45, 7) is 3.08. The molecular weight excluding hydrogens is 238 g/mol. The monoisotopic (exact) mass is 255 g/mol. The highest BCUT2D eigenvalue weighted by Gasteiger charge is 2.12. The molecule has 100 valence electrons. The molecule has 0 spiro atoms. The van der Waals surface area contributed by atoms with Gasteiger partial charge in [-0.25, -0.2) is 4.79 Å². The molecule has 0 aliphatic rings. The molecule has 6 heteroatoms. The highest BCUT2D eigenvalue weighted by atomic mass is 16.5. The molecule has 0 bridgehead atoms. The topological polar surface area (TPSA) is 88.8 Å². The highest BCUT2D eigenvalue weighted by Crippen LogP contribution is 2.09. The smallest absolute Gasteiger partial charge is 0.339 e. The molecule has 6 nitrogen and oxygen atoms in total. The number of furan rings is 1. The van der Waals surface area contributed by atoms with Crippen molar-refractivity contribution in [3.05, 3.63) is 23.7 Å². The first-order valence-corrected chi connectivity index (χ1v) is 5.81. The summed E-state index contributed by atoms with van der Waals surface area (Å²) in [5, 5.41) is 11.9. The van der Waals surface area contributed by atoms with E-state index in [1.54, 1.807) is 6.92 Å². The van der Waals surface area contributed by atoms with Gasteiger partial charge in [0.2, 0.25) is 0 Å². The molecule has 1 aromatic rings. The molecule has 0 saturated carbocycles. The van der Waals surface area contributed by atoms with Gasteiger partial charge in [0.1, 0.15) is 11.3 Å². The second-order valence-electron chi connectivity index (χ2n) is 3.65. The van der Waals surface area contributed by atoms with Crippen LogP contribution in [0, 0.1) is 0 Å². The van der Waals surface area contributed by atoms with Crippen molar-refractivity contribution in [2.45, 2.75) is 26.3 Å². The fraction of sp³-hybridized carbons (Fsp3) is 0.500. The van der Waals surface area contributed by atoms with Crippen molar-refractivity contribution in [3.8, 4) is 0 Å². The SMILES string of the molecule is CCOC(=O)CCCNCc1occc1C(=O)O. The quantitative estimate of drug-likeness (QED) is 0.539. The number of carboxylic acid groups (broad SMARTS) is 1. The van der Waals surface area contributed by atoms with Crippen molar-refractivity contribution < 1.29 is 23.8 Å². The Morgan fingerprint density at radius 2 is 2.28 bits per heavy atom. The lowest BCUT2D eigenvalue weighted by atomic mass is 10.2. The van der Waals surface area contributed by atoms with Gasteiger partial charge in [0.05, 0.1) is 19.4 Å². The van der Waals surface area contributed by atoms with E-state index < -0.39 is 5.97 Å². The van der Waals surface area contributed by atoms with Crippen molar-refractivity contribution in [2.24, 2.45) is 0 Å². The molecule has 1 rings (SSSR count). The minimum absolute atomic E-state index is 0.160. The van der Waals surface area contributed by atoms with Crippen LogP contribution in [-0.4, -0.2) is 30.2 Å². The van der Waals surface area contributed by atoms with Crippen molar-refractivity contribution >= 4 is 11.9 Å². The Kier molecular flexibility index (Phi) is 5.93. The van der Waals surface area contributed by atoms with Gasteiger partial charge in [-0.3, -0.25) is 4.79 Å². The largest absolute Gasteiger partial charge is 0.478 e. The minimum atomic E-state index is -1.01.